The zero-order valence-corrected chi connectivity index (χ0v) is 10.8. The molecule has 0 fully saturated rings. The van der Waals surface area contributed by atoms with Crippen molar-refractivity contribution in [1.82, 2.24) is 15.3 Å². The number of furan rings is 1. The molecule has 0 spiro atoms. The predicted octanol–water partition coefficient (Wildman–Crippen LogP) is 1.82. The van der Waals surface area contributed by atoms with Crippen molar-refractivity contribution in [2.75, 3.05) is 18.5 Å². The Morgan fingerprint density at radius 2 is 2.22 bits per heavy atom. The first-order chi connectivity index (χ1) is 8.79. The van der Waals surface area contributed by atoms with Crippen molar-refractivity contribution in [3.05, 3.63) is 42.2 Å². The van der Waals surface area contributed by atoms with Crippen molar-refractivity contribution in [2.45, 2.75) is 20.0 Å². The summed E-state index contributed by atoms with van der Waals surface area (Å²) in [5, 5.41) is 3.22. The van der Waals surface area contributed by atoms with E-state index in [9.17, 15) is 0 Å². The van der Waals surface area contributed by atoms with E-state index in [4.69, 9.17) is 4.42 Å². The van der Waals surface area contributed by atoms with E-state index in [2.05, 4.69) is 22.2 Å². The van der Waals surface area contributed by atoms with E-state index < -0.39 is 0 Å². The van der Waals surface area contributed by atoms with Crippen LogP contribution in [0.5, 0.6) is 0 Å². The second-order valence-corrected chi connectivity index (χ2v) is 4.13. The number of hydrogen-bond donors (Lipinski definition) is 1. The summed E-state index contributed by atoms with van der Waals surface area (Å²) in [4.78, 5) is 10.8. The minimum atomic E-state index is 0.759. The van der Waals surface area contributed by atoms with Crippen LogP contribution in [0.2, 0.25) is 0 Å². The molecule has 96 valence electrons. The Morgan fingerprint density at radius 3 is 2.83 bits per heavy atom. The maximum Gasteiger partial charge on any atom is 0.147 e. The molecule has 0 amide bonds. The number of rotatable bonds is 6. The van der Waals surface area contributed by atoms with E-state index in [1.54, 1.807) is 18.7 Å². The molecule has 5 heteroatoms. The minimum absolute atomic E-state index is 0.759. The van der Waals surface area contributed by atoms with Gasteiger partial charge in [-0.3, -0.25) is 4.98 Å². The molecule has 0 radical (unpaired) electrons. The third kappa shape index (κ3) is 3.30. The van der Waals surface area contributed by atoms with Crippen molar-refractivity contribution in [3.8, 4) is 0 Å². The fourth-order valence-electron chi connectivity index (χ4n) is 1.63. The van der Waals surface area contributed by atoms with E-state index >= 15 is 0 Å². The normalized spacial score (nSPS) is 10.6. The van der Waals surface area contributed by atoms with Crippen molar-refractivity contribution in [1.29, 1.82) is 0 Å². The van der Waals surface area contributed by atoms with E-state index in [1.807, 2.05) is 24.2 Å². The lowest BCUT2D eigenvalue weighted by Crippen LogP contribution is -2.18. The first kappa shape index (κ1) is 12.6. The highest BCUT2D eigenvalue weighted by Gasteiger charge is 2.05. The highest BCUT2D eigenvalue weighted by Crippen LogP contribution is 2.11. The van der Waals surface area contributed by atoms with Gasteiger partial charge in [0.05, 0.1) is 30.6 Å². The molecule has 0 aliphatic rings. The van der Waals surface area contributed by atoms with Crippen LogP contribution >= 0.6 is 0 Å². The van der Waals surface area contributed by atoms with Crippen molar-refractivity contribution in [3.63, 3.8) is 0 Å². The summed E-state index contributed by atoms with van der Waals surface area (Å²) in [5.74, 6) is 0.858. The van der Waals surface area contributed by atoms with Crippen LogP contribution in [0.25, 0.3) is 0 Å². The first-order valence-corrected chi connectivity index (χ1v) is 6.03. The fourth-order valence-corrected chi connectivity index (χ4v) is 1.63. The molecular formula is C13H18N4O. The highest BCUT2D eigenvalue weighted by atomic mass is 16.3. The van der Waals surface area contributed by atoms with Gasteiger partial charge in [0.25, 0.3) is 0 Å². The summed E-state index contributed by atoms with van der Waals surface area (Å²) in [6.07, 6.45) is 7.02. The van der Waals surface area contributed by atoms with Crippen LogP contribution in [-0.4, -0.2) is 23.6 Å². The van der Waals surface area contributed by atoms with E-state index in [-0.39, 0.29) is 0 Å². The van der Waals surface area contributed by atoms with E-state index in [0.29, 0.717) is 0 Å². The molecule has 1 N–H and O–H groups in total. The third-order valence-corrected chi connectivity index (χ3v) is 2.64. The van der Waals surface area contributed by atoms with Crippen LogP contribution in [0.1, 0.15) is 18.2 Å². The lowest BCUT2D eigenvalue weighted by atomic mass is 10.3. The largest absolute Gasteiger partial charge is 0.472 e. The Labute approximate surface area is 107 Å². The Morgan fingerprint density at radius 1 is 1.33 bits per heavy atom. The monoisotopic (exact) mass is 246 g/mol. The smallest absolute Gasteiger partial charge is 0.147 e. The summed E-state index contributed by atoms with van der Waals surface area (Å²) >= 11 is 0. The van der Waals surface area contributed by atoms with Gasteiger partial charge in [-0.1, -0.05) is 6.92 Å². The van der Waals surface area contributed by atoms with Crippen molar-refractivity contribution >= 4 is 5.82 Å². The molecule has 0 aromatic carbocycles. The maximum absolute atomic E-state index is 5.04. The van der Waals surface area contributed by atoms with Crippen LogP contribution in [-0.2, 0) is 13.1 Å². The number of nitrogens with zero attached hydrogens (tertiary/aromatic N) is 3. The zero-order chi connectivity index (χ0) is 12.8. The standard InChI is InChI=1S/C13H18N4O/c1-3-14-6-12-7-16-13(8-15-12)17(2)9-11-4-5-18-10-11/h4-5,7-8,10,14H,3,6,9H2,1-2H3. The predicted molar refractivity (Wildman–Crippen MR) is 70.2 cm³/mol. The molecule has 0 atom stereocenters. The lowest BCUT2D eigenvalue weighted by molar-refractivity contribution is 0.563. The SMILES string of the molecule is CCNCc1cnc(N(C)Cc2ccoc2)cn1. The maximum atomic E-state index is 5.04. The Balaban J connectivity index is 1.96. The molecule has 2 aromatic heterocycles. The average Bonchev–Trinajstić information content (AvgIpc) is 2.89. The van der Waals surface area contributed by atoms with Gasteiger partial charge in [0.15, 0.2) is 0 Å². The number of anilines is 1. The van der Waals surface area contributed by atoms with E-state index in [1.165, 1.54) is 0 Å². The summed E-state index contributed by atoms with van der Waals surface area (Å²) < 4.78 is 5.04. The molecule has 0 unspecified atom stereocenters. The second-order valence-electron chi connectivity index (χ2n) is 4.13. The Hall–Kier alpha value is -1.88. The van der Waals surface area contributed by atoms with Gasteiger partial charge in [-0.05, 0) is 12.6 Å². The first-order valence-electron chi connectivity index (χ1n) is 6.03. The van der Waals surface area contributed by atoms with Crippen LogP contribution in [0.3, 0.4) is 0 Å². The molecule has 0 aliphatic carbocycles. The third-order valence-electron chi connectivity index (χ3n) is 2.64. The molecule has 2 heterocycles. The van der Waals surface area contributed by atoms with Gasteiger partial charge in [-0.2, -0.15) is 0 Å². The topological polar surface area (TPSA) is 54.2 Å². The Bertz CT molecular complexity index is 452. The molecule has 2 aromatic rings. The average molecular weight is 246 g/mol. The summed E-state index contributed by atoms with van der Waals surface area (Å²) in [7, 11) is 1.99. The van der Waals surface area contributed by atoms with Crippen LogP contribution in [0.15, 0.2) is 35.4 Å². The van der Waals surface area contributed by atoms with Gasteiger partial charge in [-0.25, -0.2) is 4.98 Å². The zero-order valence-electron chi connectivity index (χ0n) is 10.8. The molecule has 0 aliphatic heterocycles. The Kier molecular flexibility index (Phi) is 4.30. The van der Waals surface area contributed by atoms with Crippen molar-refractivity contribution < 1.29 is 4.42 Å². The lowest BCUT2D eigenvalue weighted by Gasteiger charge is -2.16. The van der Waals surface area contributed by atoms with Crippen molar-refractivity contribution in [2.24, 2.45) is 0 Å². The van der Waals surface area contributed by atoms with Gasteiger partial charge < -0.3 is 14.6 Å². The quantitative estimate of drug-likeness (QED) is 0.842. The molecule has 5 nitrogen and oxygen atoms in total. The molecule has 0 bridgehead atoms. The number of nitrogens with one attached hydrogen (secondary N) is 1. The summed E-state index contributed by atoms with van der Waals surface area (Å²) in [6, 6.07) is 1.95. The summed E-state index contributed by atoms with van der Waals surface area (Å²) in [6.45, 7) is 4.53. The molecule has 2 rings (SSSR count). The molecular weight excluding hydrogens is 228 g/mol. The van der Waals surface area contributed by atoms with Gasteiger partial charge in [0.1, 0.15) is 5.82 Å². The molecule has 0 saturated carbocycles. The van der Waals surface area contributed by atoms with Gasteiger partial charge >= 0.3 is 0 Å². The van der Waals surface area contributed by atoms with Gasteiger partial charge in [0.2, 0.25) is 0 Å². The second kappa shape index (κ2) is 6.16. The van der Waals surface area contributed by atoms with Crippen LogP contribution in [0.4, 0.5) is 5.82 Å². The number of hydrogen-bond acceptors (Lipinski definition) is 5. The van der Waals surface area contributed by atoms with E-state index in [0.717, 1.165) is 36.7 Å². The fraction of sp³-hybridized carbons (Fsp3) is 0.385. The van der Waals surface area contributed by atoms with Crippen LogP contribution in [0, 0.1) is 0 Å². The molecule has 0 saturated heterocycles. The van der Waals surface area contributed by atoms with Gasteiger partial charge in [0, 0.05) is 25.7 Å². The summed E-state index contributed by atoms with van der Waals surface area (Å²) in [5.41, 5.74) is 2.08. The minimum Gasteiger partial charge on any atom is -0.472 e. The van der Waals surface area contributed by atoms with Gasteiger partial charge in [-0.15, -0.1) is 0 Å². The molecule has 18 heavy (non-hydrogen) atoms. The highest BCUT2D eigenvalue weighted by molar-refractivity contribution is 5.35. The van der Waals surface area contributed by atoms with Crippen LogP contribution < -0.4 is 10.2 Å². The number of aromatic nitrogens is 2.